The van der Waals surface area contributed by atoms with Crippen LogP contribution in [-0.2, 0) is 5.54 Å². The summed E-state index contributed by atoms with van der Waals surface area (Å²) in [6, 6.07) is 12.2. The molecule has 0 bridgehead atoms. The first-order chi connectivity index (χ1) is 16.4. The number of hydrogen-bond donors (Lipinski definition) is 1. The number of pyridine rings is 1. The number of amides is 1. The zero-order valence-corrected chi connectivity index (χ0v) is 18.9. The minimum atomic E-state index is -0.651. The molecule has 1 N–H and O–H groups in total. The molecule has 1 aromatic heterocycles. The van der Waals surface area contributed by atoms with E-state index in [1.807, 2.05) is 24.3 Å². The Kier molecular flexibility index (Phi) is 4.76. The second-order valence-electron chi connectivity index (χ2n) is 10.1. The number of piperidine rings is 1. The average Bonchev–Trinajstić information content (AvgIpc) is 3.77. The molecule has 3 aliphatic rings. The van der Waals surface area contributed by atoms with E-state index in [9.17, 15) is 14.3 Å². The van der Waals surface area contributed by atoms with Crippen LogP contribution in [0.3, 0.4) is 0 Å². The average molecular weight is 456 g/mol. The van der Waals surface area contributed by atoms with E-state index in [1.54, 1.807) is 17.2 Å². The Morgan fingerprint density at radius 1 is 1.09 bits per heavy atom. The molecule has 2 aliphatic carbocycles. The first-order valence-electron chi connectivity index (χ1n) is 12.0. The third-order valence-corrected chi connectivity index (χ3v) is 7.96. The minimum Gasteiger partial charge on any atom is -0.389 e. The predicted octanol–water partition coefficient (Wildman–Crippen LogP) is 5.33. The Morgan fingerprint density at radius 3 is 2.41 bits per heavy atom. The van der Waals surface area contributed by atoms with Crippen LogP contribution in [0.2, 0.25) is 0 Å². The van der Waals surface area contributed by atoms with Crippen molar-refractivity contribution in [2.75, 3.05) is 13.1 Å². The van der Waals surface area contributed by atoms with Gasteiger partial charge in [0.05, 0.1) is 16.7 Å². The third kappa shape index (κ3) is 3.47. The lowest BCUT2D eigenvalue weighted by atomic mass is 9.86. The minimum absolute atomic E-state index is 0.143. The van der Waals surface area contributed by atoms with Crippen LogP contribution in [0, 0.1) is 18.3 Å². The van der Waals surface area contributed by atoms with Gasteiger partial charge >= 0.3 is 0 Å². The SMILES string of the molecule is [C-]#[N+]C1(c2ccc(-c3c(C(=O)N4CCC(O)(C5CC5)CC4)cnc4ccc(F)cc34)cc2)CC1. The zero-order chi connectivity index (χ0) is 23.5. The topological polar surface area (TPSA) is 57.8 Å². The molecule has 0 atom stereocenters. The molecule has 6 heteroatoms. The number of rotatable bonds is 4. The summed E-state index contributed by atoms with van der Waals surface area (Å²) >= 11 is 0. The number of benzene rings is 2. The lowest BCUT2D eigenvalue weighted by molar-refractivity contribution is -0.0339. The highest BCUT2D eigenvalue weighted by atomic mass is 19.1. The first-order valence-corrected chi connectivity index (χ1v) is 12.0. The van der Waals surface area contributed by atoms with Crippen LogP contribution in [0.4, 0.5) is 4.39 Å². The third-order valence-electron chi connectivity index (χ3n) is 7.96. The predicted molar refractivity (Wildman–Crippen MR) is 127 cm³/mol. The zero-order valence-electron chi connectivity index (χ0n) is 18.9. The first kappa shape index (κ1) is 21.2. The van der Waals surface area contributed by atoms with E-state index >= 15 is 0 Å². The molecule has 5 nitrogen and oxygen atoms in total. The Balaban J connectivity index is 1.39. The van der Waals surface area contributed by atoms with Crippen molar-refractivity contribution < 1.29 is 14.3 Å². The van der Waals surface area contributed by atoms with E-state index in [2.05, 4.69) is 9.83 Å². The molecule has 1 saturated heterocycles. The summed E-state index contributed by atoms with van der Waals surface area (Å²) in [6.45, 7) is 8.52. The number of fused-ring (bicyclic) bond motifs is 1. The number of halogens is 1. The smallest absolute Gasteiger partial charge is 0.258 e. The van der Waals surface area contributed by atoms with Gasteiger partial charge in [-0.05, 0) is 55.4 Å². The van der Waals surface area contributed by atoms with E-state index in [0.717, 1.165) is 36.8 Å². The van der Waals surface area contributed by atoms with Crippen molar-refractivity contribution in [3.05, 3.63) is 77.0 Å². The number of aliphatic hydroxyl groups is 1. The maximum Gasteiger partial charge on any atom is 0.258 e. The lowest BCUT2D eigenvalue weighted by Gasteiger charge is -2.38. The number of nitrogens with zero attached hydrogens (tertiary/aromatic N) is 3. The molecule has 2 heterocycles. The number of aromatic nitrogens is 1. The van der Waals surface area contributed by atoms with Gasteiger partial charge in [0.25, 0.3) is 11.4 Å². The van der Waals surface area contributed by atoms with E-state index in [0.29, 0.717) is 53.9 Å². The molecule has 34 heavy (non-hydrogen) atoms. The van der Waals surface area contributed by atoms with Crippen molar-refractivity contribution in [2.45, 2.75) is 49.7 Å². The molecule has 2 aromatic carbocycles. The van der Waals surface area contributed by atoms with Crippen LogP contribution in [0.25, 0.3) is 26.9 Å². The highest BCUT2D eigenvalue weighted by Gasteiger charge is 2.52. The van der Waals surface area contributed by atoms with Crippen molar-refractivity contribution in [1.29, 1.82) is 0 Å². The van der Waals surface area contributed by atoms with Crippen LogP contribution in [-0.4, -0.2) is 39.6 Å². The van der Waals surface area contributed by atoms with Crippen LogP contribution >= 0.6 is 0 Å². The normalized spacial score (nSPS) is 20.7. The van der Waals surface area contributed by atoms with Gasteiger partial charge in [0.15, 0.2) is 0 Å². The molecule has 172 valence electrons. The number of carbonyl (C=O) groups excluding carboxylic acids is 1. The highest BCUT2D eigenvalue weighted by Crippen LogP contribution is 2.50. The molecule has 0 radical (unpaired) electrons. The molecule has 3 aromatic rings. The number of likely N-dealkylation sites (tertiary alicyclic amines) is 1. The quantitative estimate of drug-likeness (QED) is 0.541. The van der Waals surface area contributed by atoms with Gasteiger partial charge in [0.2, 0.25) is 0 Å². The Labute approximate surface area is 198 Å². The molecule has 1 amide bonds. The van der Waals surface area contributed by atoms with Crippen LogP contribution in [0.1, 0.15) is 54.4 Å². The summed E-state index contributed by atoms with van der Waals surface area (Å²) in [5.41, 5.74) is 2.46. The number of carbonyl (C=O) groups is 1. The van der Waals surface area contributed by atoms with E-state index in [-0.39, 0.29) is 11.7 Å². The molecule has 6 rings (SSSR count). The van der Waals surface area contributed by atoms with Crippen LogP contribution in [0.5, 0.6) is 0 Å². The van der Waals surface area contributed by atoms with E-state index in [1.165, 1.54) is 12.1 Å². The van der Waals surface area contributed by atoms with E-state index < -0.39 is 11.1 Å². The molecular formula is C28H26FN3O2. The van der Waals surface area contributed by atoms with Crippen molar-refractivity contribution in [3.8, 4) is 11.1 Å². The van der Waals surface area contributed by atoms with Crippen molar-refractivity contribution in [3.63, 3.8) is 0 Å². The summed E-state index contributed by atoms with van der Waals surface area (Å²) in [5.74, 6) is -0.154. The maximum atomic E-state index is 14.3. The largest absolute Gasteiger partial charge is 0.389 e. The Hall–Kier alpha value is -3.30. The van der Waals surface area contributed by atoms with Gasteiger partial charge in [-0.1, -0.05) is 24.3 Å². The van der Waals surface area contributed by atoms with Gasteiger partial charge < -0.3 is 14.9 Å². The summed E-state index contributed by atoms with van der Waals surface area (Å²) < 4.78 is 14.3. The van der Waals surface area contributed by atoms with Crippen LogP contribution in [0.15, 0.2) is 48.7 Å². The maximum absolute atomic E-state index is 14.3. The fraction of sp³-hybridized carbons (Fsp3) is 0.393. The molecule has 2 saturated carbocycles. The van der Waals surface area contributed by atoms with Crippen molar-refractivity contribution in [2.24, 2.45) is 5.92 Å². The molecule has 3 fully saturated rings. The summed E-state index contributed by atoms with van der Waals surface area (Å²) in [6.07, 6.45) is 6.63. The second-order valence-corrected chi connectivity index (χ2v) is 10.1. The molecule has 0 unspecified atom stereocenters. The van der Waals surface area contributed by atoms with Crippen molar-refractivity contribution in [1.82, 2.24) is 9.88 Å². The fourth-order valence-electron chi connectivity index (χ4n) is 5.46. The number of hydrogen-bond acceptors (Lipinski definition) is 3. The van der Waals surface area contributed by atoms with E-state index in [4.69, 9.17) is 6.57 Å². The Morgan fingerprint density at radius 2 is 1.79 bits per heavy atom. The Bertz CT molecular complexity index is 1330. The lowest BCUT2D eigenvalue weighted by Crippen LogP contribution is -2.47. The summed E-state index contributed by atoms with van der Waals surface area (Å²) in [7, 11) is 0. The van der Waals surface area contributed by atoms with Gasteiger partial charge in [-0.3, -0.25) is 9.78 Å². The summed E-state index contributed by atoms with van der Waals surface area (Å²) in [4.78, 5) is 23.7. The fourth-order valence-corrected chi connectivity index (χ4v) is 5.46. The molecule has 1 aliphatic heterocycles. The van der Waals surface area contributed by atoms with Gasteiger partial charge in [-0.15, -0.1) is 0 Å². The monoisotopic (exact) mass is 455 g/mol. The second kappa shape index (κ2) is 7.61. The van der Waals surface area contributed by atoms with Gasteiger partial charge in [0.1, 0.15) is 5.82 Å². The van der Waals surface area contributed by atoms with Gasteiger partial charge in [-0.2, -0.15) is 0 Å². The standard InChI is InChI=1S/C28H26FN3O2/c1-30-27(10-11-27)19-4-2-18(3-5-19)25-22-16-21(29)8-9-24(22)31-17-23(25)26(33)32-14-12-28(34,13-15-32)20-6-7-20/h2-5,8-9,16-17,20,34H,6-7,10-15H2. The molecular weight excluding hydrogens is 429 g/mol. The molecule has 0 spiro atoms. The van der Waals surface area contributed by atoms with Crippen LogP contribution < -0.4 is 0 Å². The summed E-state index contributed by atoms with van der Waals surface area (Å²) in [5, 5.41) is 11.5. The van der Waals surface area contributed by atoms with Gasteiger partial charge in [-0.25, -0.2) is 11.0 Å². The highest BCUT2D eigenvalue weighted by molar-refractivity contribution is 6.08. The van der Waals surface area contributed by atoms with Gasteiger partial charge in [0, 0.05) is 48.6 Å². The van der Waals surface area contributed by atoms with Crippen molar-refractivity contribution >= 4 is 16.8 Å².